The number of rotatable bonds is 11. The van der Waals surface area contributed by atoms with Gasteiger partial charge in [0.25, 0.3) is 10.0 Å². The summed E-state index contributed by atoms with van der Waals surface area (Å²) in [5.74, 6) is -0.636. The molecule has 1 N–H and O–H groups in total. The lowest BCUT2D eigenvalue weighted by Crippen LogP contribution is -2.53. The number of sulfonamides is 1. The SMILES string of the molecule is Cc1ccc(S(=O)(=O)N(CC(=O)N(CCc2ccccc2)[C@@H](C)C(=O)NC2CCCCC2)c2ccccc2)cc1. The van der Waals surface area contributed by atoms with Crippen LogP contribution in [0.5, 0.6) is 0 Å². The maximum absolute atomic E-state index is 14.0. The van der Waals surface area contributed by atoms with Gasteiger partial charge in [0, 0.05) is 12.6 Å². The summed E-state index contributed by atoms with van der Waals surface area (Å²) < 4.78 is 28.8. The lowest BCUT2D eigenvalue weighted by Gasteiger charge is -2.33. The zero-order chi connectivity index (χ0) is 28.5. The number of nitrogens with one attached hydrogen (secondary N) is 1. The van der Waals surface area contributed by atoms with Crippen LogP contribution in [-0.2, 0) is 26.0 Å². The summed E-state index contributed by atoms with van der Waals surface area (Å²) in [6, 6.07) is 24.3. The topological polar surface area (TPSA) is 86.8 Å². The molecule has 0 heterocycles. The molecule has 40 heavy (non-hydrogen) atoms. The van der Waals surface area contributed by atoms with E-state index in [2.05, 4.69) is 5.32 Å². The third kappa shape index (κ3) is 7.50. The molecule has 4 rings (SSSR count). The van der Waals surface area contributed by atoms with Gasteiger partial charge in [0.1, 0.15) is 12.6 Å². The van der Waals surface area contributed by atoms with Crippen LogP contribution >= 0.6 is 0 Å². The van der Waals surface area contributed by atoms with Gasteiger partial charge in [-0.25, -0.2) is 8.42 Å². The molecule has 8 heteroatoms. The average Bonchev–Trinajstić information content (AvgIpc) is 2.97. The predicted molar refractivity (Wildman–Crippen MR) is 158 cm³/mol. The molecule has 1 aliphatic rings. The number of carbonyl (C=O) groups excluding carboxylic acids is 2. The van der Waals surface area contributed by atoms with Crippen LogP contribution in [0.25, 0.3) is 0 Å². The molecule has 2 amide bonds. The van der Waals surface area contributed by atoms with Crippen LogP contribution in [-0.4, -0.2) is 50.3 Å². The minimum Gasteiger partial charge on any atom is -0.352 e. The van der Waals surface area contributed by atoms with Crippen molar-refractivity contribution in [1.29, 1.82) is 0 Å². The van der Waals surface area contributed by atoms with Crippen molar-refractivity contribution in [2.24, 2.45) is 0 Å². The van der Waals surface area contributed by atoms with Crippen molar-refractivity contribution >= 4 is 27.5 Å². The molecule has 0 radical (unpaired) electrons. The Morgan fingerprint density at radius 1 is 0.875 bits per heavy atom. The Bertz CT molecular complexity index is 1360. The maximum Gasteiger partial charge on any atom is 0.264 e. The fourth-order valence-corrected chi connectivity index (χ4v) is 6.51. The van der Waals surface area contributed by atoms with E-state index in [1.54, 1.807) is 61.5 Å². The second-order valence-electron chi connectivity index (χ2n) is 10.5. The lowest BCUT2D eigenvalue weighted by atomic mass is 9.95. The van der Waals surface area contributed by atoms with E-state index >= 15 is 0 Å². The first-order valence-corrected chi connectivity index (χ1v) is 15.5. The first-order valence-electron chi connectivity index (χ1n) is 14.0. The molecule has 0 spiro atoms. The Hall–Kier alpha value is -3.65. The fourth-order valence-electron chi connectivity index (χ4n) is 5.10. The molecule has 0 saturated heterocycles. The van der Waals surface area contributed by atoms with Gasteiger partial charge in [-0.05, 0) is 62.9 Å². The number of benzene rings is 3. The zero-order valence-electron chi connectivity index (χ0n) is 23.3. The minimum atomic E-state index is -4.05. The molecule has 3 aromatic carbocycles. The van der Waals surface area contributed by atoms with Crippen molar-refractivity contribution in [1.82, 2.24) is 10.2 Å². The van der Waals surface area contributed by atoms with Gasteiger partial charge in [0.2, 0.25) is 11.8 Å². The molecule has 0 unspecified atom stereocenters. The Kier molecular flexibility index (Phi) is 9.98. The number of aryl methyl sites for hydroxylation is 1. The average molecular weight is 562 g/mol. The molecule has 1 saturated carbocycles. The quantitative estimate of drug-likeness (QED) is 0.353. The van der Waals surface area contributed by atoms with Crippen LogP contribution in [0.3, 0.4) is 0 Å². The van der Waals surface area contributed by atoms with E-state index < -0.39 is 28.5 Å². The van der Waals surface area contributed by atoms with Crippen molar-refractivity contribution in [2.75, 3.05) is 17.4 Å². The molecule has 212 valence electrons. The van der Waals surface area contributed by atoms with Crippen molar-refractivity contribution in [2.45, 2.75) is 69.4 Å². The second kappa shape index (κ2) is 13.6. The summed E-state index contributed by atoms with van der Waals surface area (Å²) in [5.41, 5.74) is 2.36. The predicted octanol–water partition coefficient (Wildman–Crippen LogP) is 5.10. The molecule has 3 aromatic rings. The fraction of sp³-hybridized carbons (Fsp3) is 0.375. The van der Waals surface area contributed by atoms with Crippen LogP contribution in [0.4, 0.5) is 5.69 Å². The molecular weight excluding hydrogens is 522 g/mol. The van der Waals surface area contributed by atoms with E-state index in [4.69, 9.17) is 0 Å². The van der Waals surface area contributed by atoms with E-state index in [0.29, 0.717) is 12.1 Å². The normalized spacial score (nSPS) is 14.8. The van der Waals surface area contributed by atoms with Gasteiger partial charge < -0.3 is 10.2 Å². The number of amides is 2. The Morgan fingerprint density at radius 2 is 1.48 bits per heavy atom. The highest BCUT2D eigenvalue weighted by Crippen LogP contribution is 2.24. The number of para-hydroxylation sites is 1. The molecule has 7 nitrogen and oxygen atoms in total. The molecular formula is C32H39N3O4S. The van der Waals surface area contributed by atoms with Crippen LogP contribution in [0.15, 0.2) is 89.8 Å². The van der Waals surface area contributed by atoms with Crippen LogP contribution < -0.4 is 9.62 Å². The summed E-state index contributed by atoms with van der Waals surface area (Å²) in [5, 5.41) is 3.13. The summed E-state index contributed by atoms with van der Waals surface area (Å²) in [6.07, 6.45) is 5.76. The van der Waals surface area contributed by atoms with E-state index in [-0.39, 0.29) is 23.4 Å². The first-order chi connectivity index (χ1) is 19.3. The monoisotopic (exact) mass is 561 g/mol. The van der Waals surface area contributed by atoms with E-state index in [0.717, 1.165) is 41.1 Å². The van der Waals surface area contributed by atoms with Gasteiger partial charge in [-0.2, -0.15) is 0 Å². The maximum atomic E-state index is 14.0. The third-order valence-electron chi connectivity index (χ3n) is 7.54. The summed E-state index contributed by atoms with van der Waals surface area (Å²) in [7, 11) is -4.05. The third-order valence-corrected chi connectivity index (χ3v) is 9.32. The van der Waals surface area contributed by atoms with Gasteiger partial charge in [-0.1, -0.05) is 85.5 Å². The first kappa shape index (κ1) is 29.3. The molecule has 1 aliphatic carbocycles. The Balaban J connectivity index is 1.61. The highest BCUT2D eigenvalue weighted by atomic mass is 32.2. The van der Waals surface area contributed by atoms with Crippen LogP contribution in [0, 0.1) is 6.92 Å². The van der Waals surface area contributed by atoms with Crippen molar-refractivity contribution in [3.63, 3.8) is 0 Å². The standard InChI is InChI=1S/C32H39N3O4S/c1-25-18-20-30(21-19-25)40(38,39)35(29-16-10-5-11-17-29)24-31(36)34(23-22-27-12-6-3-7-13-27)26(2)32(37)33-28-14-8-4-9-15-28/h3,5-7,10-13,16-21,26,28H,4,8-9,14-15,22-24H2,1-2H3,(H,33,37)/t26-/m0/s1. The van der Waals surface area contributed by atoms with Gasteiger partial charge in [0.15, 0.2) is 0 Å². The number of nitrogens with zero attached hydrogens (tertiary/aromatic N) is 2. The molecule has 0 bridgehead atoms. The highest BCUT2D eigenvalue weighted by Gasteiger charge is 2.33. The summed E-state index contributed by atoms with van der Waals surface area (Å²) in [6.45, 7) is 3.48. The van der Waals surface area contributed by atoms with Crippen LogP contribution in [0.1, 0.15) is 50.2 Å². The number of hydrogen-bond acceptors (Lipinski definition) is 4. The van der Waals surface area contributed by atoms with Gasteiger partial charge in [0.05, 0.1) is 10.6 Å². The van der Waals surface area contributed by atoms with E-state index in [1.165, 1.54) is 11.3 Å². The molecule has 0 aromatic heterocycles. The van der Waals surface area contributed by atoms with Crippen LogP contribution in [0.2, 0.25) is 0 Å². The number of hydrogen-bond donors (Lipinski definition) is 1. The molecule has 1 fully saturated rings. The second-order valence-corrected chi connectivity index (χ2v) is 12.4. The highest BCUT2D eigenvalue weighted by molar-refractivity contribution is 7.92. The van der Waals surface area contributed by atoms with E-state index in [9.17, 15) is 18.0 Å². The largest absolute Gasteiger partial charge is 0.352 e. The number of carbonyl (C=O) groups is 2. The summed E-state index contributed by atoms with van der Waals surface area (Å²) >= 11 is 0. The molecule has 1 atom stereocenters. The Morgan fingerprint density at radius 3 is 2.10 bits per heavy atom. The zero-order valence-corrected chi connectivity index (χ0v) is 24.1. The number of anilines is 1. The van der Waals surface area contributed by atoms with Gasteiger partial charge in [-0.3, -0.25) is 13.9 Å². The van der Waals surface area contributed by atoms with Gasteiger partial charge >= 0.3 is 0 Å². The minimum absolute atomic E-state index is 0.105. The van der Waals surface area contributed by atoms with Crippen molar-refractivity contribution in [3.8, 4) is 0 Å². The Labute approximate surface area is 238 Å². The lowest BCUT2D eigenvalue weighted by molar-refractivity contribution is -0.139. The smallest absolute Gasteiger partial charge is 0.264 e. The van der Waals surface area contributed by atoms with Crippen molar-refractivity contribution < 1.29 is 18.0 Å². The van der Waals surface area contributed by atoms with Crippen molar-refractivity contribution in [3.05, 3.63) is 96.1 Å². The van der Waals surface area contributed by atoms with Gasteiger partial charge in [-0.15, -0.1) is 0 Å². The van der Waals surface area contributed by atoms with E-state index in [1.807, 2.05) is 37.3 Å². The molecule has 0 aliphatic heterocycles. The summed E-state index contributed by atoms with van der Waals surface area (Å²) in [4.78, 5) is 28.9.